The maximum Gasteiger partial charge on any atom is 0.123 e. The first-order valence-corrected chi connectivity index (χ1v) is 7.86. The molecule has 2 N–H and O–H groups in total. The second-order valence-electron chi connectivity index (χ2n) is 4.72. The van der Waals surface area contributed by atoms with Gasteiger partial charge in [-0.2, -0.15) is 11.8 Å². The number of halogens is 2. The molecule has 0 saturated carbocycles. The molecule has 0 saturated heterocycles. The Labute approximate surface area is 128 Å². The topological polar surface area (TPSA) is 26.0 Å². The molecule has 2 atom stereocenters. The predicted octanol–water partition coefficient (Wildman–Crippen LogP) is 4.80. The van der Waals surface area contributed by atoms with Crippen LogP contribution in [-0.2, 0) is 5.75 Å². The molecule has 2 aromatic rings. The van der Waals surface area contributed by atoms with Gasteiger partial charge < -0.3 is 5.73 Å². The van der Waals surface area contributed by atoms with Gasteiger partial charge in [-0.3, -0.25) is 0 Å². The Morgan fingerprint density at radius 1 is 1.10 bits per heavy atom. The number of hydrogen-bond acceptors (Lipinski definition) is 2. The van der Waals surface area contributed by atoms with Crippen LogP contribution in [0.4, 0.5) is 4.39 Å². The van der Waals surface area contributed by atoms with E-state index >= 15 is 0 Å². The Morgan fingerprint density at radius 3 is 2.30 bits per heavy atom. The first-order chi connectivity index (χ1) is 9.56. The summed E-state index contributed by atoms with van der Waals surface area (Å²) in [6.45, 7) is 2.09. The van der Waals surface area contributed by atoms with Crippen LogP contribution in [0, 0.1) is 5.82 Å². The van der Waals surface area contributed by atoms with E-state index in [-0.39, 0.29) is 17.1 Å². The third kappa shape index (κ3) is 4.23. The van der Waals surface area contributed by atoms with E-state index in [1.54, 1.807) is 23.9 Å². The third-order valence-electron chi connectivity index (χ3n) is 3.19. The lowest BCUT2D eigenvalue weighted by molar-refractivity contribution is 0.624. The largest absolute Gasteiger partial charge is 0.323 e. The summed E-state index contributed by atoms with van der Waals surface area (Å²) < 4.78 is 12.9. The van der Waals surface area contributed by atoms with Crippen molar-refractivity contribution < 1.29 is 4.39 Å². The maximum absolute atomic E-state index is 12.9. The average molecular weight is 310 g/mol. The molecule has 0 aromatic heterocycles. The highest BCUT2D eigenvalue weighted by Crippen LogP contribution is 2.27. The van der Waals surface area contributed by atoms with Crippen molar-refractivity contribution in [2.45, 2.75) is 24.0 Å². The minimum absolute atomic E-state index is 0.104. The lowest BCUT2D eigenvalue weighted by Crippen LogP contribution is -2.21. The second-order valence-corrected chi connectivity index (χ2v) is 6.52. The molecule has 2 aromatic carbocycles. The zero-order chi connectivity index (χ0) is 14.5. The highest BCUT2D eigenvalue weighted by atomic mass is 35.5. The molecule has 0 amide bonds. The fraction of sp³-hybridized carbons (Fsp3) is 0.250. The van der Waals surface area contributed by atoms with Crippen molar-refractivity contribution in [2.24, 2.45) is 5.73 Å². The van der Waals surface area contributed by atoms with E-state index in [4.69, 9.17) is 17.3 Å². The van der Waals surface area contributed by atoms with Gasteiger partial charge in [-0.05, 0) is 35.4 Å². The Kier molecular flexibility index (Phi) is 5.46. The van der Waals surface area contributed by atoms with E-state index in [2.05, 4.69) is 6.92 Å². The summed E-state index contributed by atoms with van der Waals surface area (Å²) >= 11 is 7.64. The average Bonchev–Trinajstić information content (AvgIpc) is 2.46. The van der Waals surface area contributed by atoms with Crippen molar-refractivity contribution in [1.82, 2.24) is 0 Å². The first kappa shape index (κ1) is 15.4. The molecule has 2 unspecified atom stereocenters. The number of rotatable bonds is 5. The smallest absolute Gasteiger partial charge is 0.123 e. The van der Waals surface area contributed by atoms with Gasteiger partial charge in [0.2, 0.25) is 0 Å². The zero-order valence-corrected chi connectivity index (χ0v) is 12.8. The SMILES string of the molecule is CC(SCc1ccc(Cl)cc1)C(N)c1ccc(F)cc1. The molecule has 4 heteroatoms. The van der Waals surface area contributed by atoms with Gasteiger partial charge in [0.05, 0.1) is 0 Å². The summed E-state index contributed by atoms with van der Waals surface area (Å²) in [5.41, 5.74) is 8.39. The summed E-state index contributed by atoms with van der Waals surface area (Å²) in [5, 5.41) is 0.992. The lowest BCUT2D eigenvalue weighted by Gasteiger charge is -2.20. The van der Waals surface area contributed by atoms with Crippen molar-refractivity contribution in [1.29, 1.82) is 0 Å². The normalized spacial score (nSPS) is 14.0. The van der Waals surface area contributed by atoms with E-state index in [1.165, 1.54) is 17.7 Å². The van der Waals surface area contributed by atoms with Gasteiger partial charge in [0, 0.05) is 22.1 Å². The first-order valence-electron chi connectivity index (χ1n) is 6.43. The predicted molar refractivity (Wildman–Crippen MR) is 85.5 cm³/mol. The van der Waals surface area contributed by atoms with E-state index in [0.717, 1.165) is 16.3 Å². The fourth-order valence-corrected chi connectivity index (χ4v) is 3.01. The minimum atomic E-state index is -0.234. The molecule has 20 heavy (non-hydrogen) atoms. The third-order valence-corrected chi connectivity index (χ3v) is 4.76. The monoisotopic (exact) mass is 309 g/mol. The van der Waals surface area contributed by atoms with Crippen LogP contribution >= 0.6 is 23.4 Å². The van der Waals surface area contributed by atoms with Gasteiger partial charge >= 0.3 is 0 Å². The number of thioether (sulfide) groups is 1. The molecule has 2 rings (SSSR count). The molecule has 0 fully saturated rings. The molecular formula is C16H17ClFNS. The van der Waals surface area contributed by atoms with Gasteiger partial charge in [0.1, 0.15) is 5.82 Å². The van der Waals surface area contributed by atoms with Gasteiger partial charge in [0.15, 0.2) is 0 Å². The van der Waals surface area contributed by atoms with Gasteiger partial charge in [-0.15, -0.1) is 0 Å². The summed E-state index contributed by atoms with van der Waals surface area (Å²) in [4.78, 5) is 0. The van der Waals surface area contributed by atoms with E-state index in [1.807, 2.05) is 24.3 Å². The Bertz CT molecular complexity index is 541. The summed E-state index contributed by atoms with van der Waals surface area (Å²) in [6, 6.07) is 14.1. The molecule has 0 aliphatic rings. The molecule has 0 aliphatic carbocycles. The molecule has 106 valence electrons. The van der Waals surface area contributed by atoms with Crippen LogP contribution in [0.15, 0.2) is 48.5 Å². The van der Waals surface area contributed by atoms with Crippen LogP contribution < -0.4 is 5.73 Å². The highest BCUT2D eigenvalue weighted by molar-refractivity contribution is 7.99. The molecular weight excluding hydrogens is 293 g/mol. The standard InChI is InChI=1S/C16H17ClFNS/c1-11(16(19)13-4-8-15(18)9-5-13)20-10-12-2-6-14(17)7-3-12/h2-9,11,16H,10,19H2,1H3. The fourth-order valence-electron chi connectivity index (χ4n) is 1.87. The van der Waals surface area contributed by atoms with Crippen molar-refractivity contribution >= 4 is 23.4 Å². The van der Waals surface area contributed by atoms with Crippen LogP contribution in [0.1, 0.15) is 24.1 Å². The summed E-state index contributed by atoms with van der Waals surface area (Å²) in [7, 11) is 0. The Hall–Kier alpha value is -1.03. The molecule has 1 nitrogen and oxygen atoms in total. The summed E-state index contributed by atoms with van der Waals surface area (Å²) in [6.07, 6.45) is 0. The van der Waals surface area contributed by atoms with Crippen molar-refractivity contribution in [2.75, 3.05) is 0 Å². The van der Waals surface area contributed by atoms with Crippen LogP contribution in [0.25, 0.3) is 0 Å². The van der Waals surface area contributed by atoms with Crippen molar-refractivity contribution in [3.05, 3.63) is 70.5 Å². The lowest BCUT2D eigenvalue weighted by atomic mass is 10.1. The van der Waals surface area contributed by atoms with Crippen LogP contribution in [0.5, 0.6) is 0 Å². The molecule has 0 bridgehead atoms. The maximum atomic E-state index is 12.9. The molecule has 0 aliphatic heterocycles. The molecule has 0 heterocycles. The number of benzene rings is 2. The van der Waals surface area contributed by atoms with Gasteiger partial charge in [-0.25, -0.2) is 4.39 Å². The highest BCUT2D eigenvalue weighted by Gasteiger charge is 2.15. The molecule has 0 spiro atoms. The Morgan fingerprint density at radius 2 is 1.70 bits per heavy atom. The Balaban J connectivity index is 1.92. The number of nitrogens with two attached hydrogens (primary N) is 1. The quantitative estimate of drug-likeness (QED) is 0.858. The number of hydrogen-bond donors (Lipinski definition) is 1. The minimum Gasteiger partial charge on any atom is -0.323 e. The van der Waals surface area contributed by atoms with E-state index in [0.29, 0.717) is 0 Å². The second kappa shape index (κ2) is 7.11. The van der Waals surface area contributed by atoms with E-state index in [9.17, 15) is 4.39 Å². The van der Waals surface area contributed by atoms with Crippen molar-refractivity contribution in [3.8, 4) is 0 Å². The summed E-state index contributed by atoms with van der Waals surface area (Å²) in [5.74, 6) is 0.648. The van der Waals surface area contributed by atoms with E-state index < -0.39 is 0 Å². The van der Waals surface area contributed by atoms with Crippen LogP contribution in [0.2, 0.25) is 5.02 Å². The van der Waals surface area contributed by atoms with Crippen LogP contribution in [-0.4, -0.2) is 5.25 Å². The van der Waals surface area contributed by atoms with Gasteiger partial charge in [-0.1, -0.05) is 42.8 Å². The van der Waals surface area contributed by atoms with Gasteiger partial charge in [0.25, 0.3) is 0 Å². The van der Waals surface area contributed by atoms with Crippen LogP contribution in [0.3, 0.4) is 0 Å². The molecule has 0 radical (unpaired) electrons. The van der Waals surface area contributed by atoms with Crippen molar-refractivity contribution in [3.63, 3.8) is 0 Å². The zero-order valence-electron chi connectivity index (χ0n) is 11.2.